The molecule has 1 aromatic heterocycles. The normalized spacial score (nSPS) is 23.1. The summed E-state index contributed by atoms with van der Waals surface area (Å²) >= 11 is 0. The van der Waals surface area contributed by atoms with Crippen LogP contribution >= 0.6 is 0 Å². The van der Waals surface area contributed by atoms with E-state index in [1.165, 1.54) is 0 Å². The van der Waals surface area contributed by atoms with Gasteiger partial charge in [0.25, 0.3) is 0 Å². The molecule has 1 aliphatic carbocycles. The van der Waals surface area contributed by atoms with Crippen LogP contribution < -0.4 is 0 Å². The van der Waals surface area contributed by atoms with Gasteiger partial charge in [-0.05, 0) is 51.7 Å². The van der Waals surface area contributed by atoms with Crippen LogP contribution in [0.4, 0.5) is 0 Å². The van der Waals surface area contributed by atoms with Crippen LogP contribution in [0.5, 0.6) is 0 Å². The fourth-order valence-corrected chi connectivity index (χ4v) is 5.25. The molecule has 1 fully saturated rings. The lowest BCUT2D eigenvalue weighted by molar-refractivity contribution is -0.115. The summed E-state index contributed by atoms with van der Waals surface area (Å²) in [5.74, 6) is 0.0243. The van der Waals surface area contributed by atoms with Crippen molar-refractivity contribution in [1.82, 2.24) is 15.0 Å². The molecular formula is C22H36N4O2Si. The molecule has 1 aliphatic rings. The number of hydrazone groups is 1. The van der Waals surface area contributed by atoms with Gasteiger partial charge in [0.05, 0.1) is 23.8 Å². The summed E-state index contributed by atoms with van der Waals surface area (Å²) in [4.78, 5) is 20.9. The van der Waals surface area contributed by atoms with Gasteiger partial charge in [0, 0.05) is 36.6 Å². The molecule has 160 valence electrons. The van der Waals surface area contributed by atoms with Gasteiger partial charge in [-0.1, -0.05) is 20.8 Å². The first-order chi connectivity index (χ1) is 13.3. The van der Waals surface area contributed by atoms with Crippen molar-refractivity contribution >= 4 is 20.8 Å². The fraction of sp³-hybridized carbons (Fsp3) is 0.636. The molecular weight excluding hydrogens is 380 g/mol. The number of allylic oxidation sites excluding steroid dienone is 2. The van der Waals surface area contributed by atoms with Gasteiger partial charge in [0.15, 0.2) is 14.1 Å². The molecule has 6 nitrogen and oxygen atoms in total. The number of carbonyl (C=O) groups is 1. The van der Waals surface area contributed by atoms with Gasteiger partial charge >= 0.3 is 0 Å². The summed E-state index contributed by atoms with van der Waals surface area (Å²) in [5.41, 5.74) is 2.05. The van der Waals surface area contributed by atoms with Crippen LogP contribution in [0.1, 0.15) is 60.1 Å². The zero-order valence-electron chi connectivity index (χ0n) is 19.2. The molecule has 2 rings (SSSR count). The second-order valence-electron chi connectivity index (χ2n) is 9.87. The molecule has 0 bridgehead atoms. The summed E-state index contributed by atoms with van der Waals surface area (Å²) < 4.78 is 6.67. The quantitative estimate of drug-likeness (QED) is 0.265. The second-order valence-corrected chi connectivity index (χ2v) is 14.6. The van der Waals surface area contributed by atoms with E-state index < -0.39 is 8.32 Å². The highest BCUT2D eigenvalue weighted by Gasteiger charge is 2.50. The molecule has 0 spiro atoms. The number of aromatic nitrogens is 2. The van der Waals surface area contributed by atoms with Crippen LogP contribution in [0.15, 0.2) is 35.0 Å². The van der Waals surface area contributed by atoms with E-state index in [0.717, 1.165) is 18.5 Å². The van der Waals surface area contributed by atoms with Gasteiger partial charge in [-0.3, -0.25) is 19.8 Å². The van der Waals surface area contributed by atoms with Gasteiger partial charge in [-0.25, -0.2) is 0 Å². The zero-order chi connectivity index (χ0) is 22.0. The Labute approximate surface area is 176 Å². The predicted molar refractivity (Wildman–Crippen MR) is 120 cm³/mol. The van der Waals surface area contributed by atoms with E-state index >= 15 is 0 Å². The van der Waals surface area contributed by atoms with Gasteiger partial charge in [0.1, 0.15) is 0 Å². The maximum Gasteiger partial charge on any atom is 0.192 e. The second kappa shape index (κ2) is 8.48. The van der Waals surface area contributed by atoms with Crippen molar-refractivity contribution in [2.75, 3.05) is 0 Å². The lowest BCUT2D eigenvalue weighted by atomic mass is 9.76. The molecule has 0 aromatic carbocycles. The highest BCUT2D eigenvalue weighted by molar-refractivity contribution is 6.74. The van der Waals surface area contributed by atoms with E-state index in [-0.39, 0.29) is 28.9 Å². The lowest BCUT2D eigenvalue weighted by Gasteiger charge is -2.53. The maximum atomic E-state index is 12.7. The van der Waals surface area contributed by atoms with E-state index in [1.807, 2.05) is 18.9 Å². The lowest BCUT2D eigenvalue weighted by Crippen LogP contribution is -2.58. The first kappa shape index (κ1) is 23.4. The number of ketones is 1. The smallest absolute Gasteiger partial charge is 0.192 e. The number of carbonyl (C=O) groups excluding carboxylic acids is 1. The minimum absolute atomic E-state index is 0.0243. The van der Waals surface area contributed by atoms with Crippen LogP contribution in [0.3, 0.4) is 0 Å². The van der Waals surface area contributed by atoms with Crippen LogP contribution in [-0.4, -0.2) is 47.4 Å². The zero-order valence-corrected chi connectivity index (χ0v) is 20.2. The highest BCUT2D eigenvalue weighted by Crippen LogP contribution is 2.47. The van der Waals surface area contributed by atoms with E-state index in [9.17, 15) is 4.79 Å². The average Bonchev–Trinajstić information content (AvgIpc) is 2.59. The molecule has 0 radical (unpaired) electrons. The summed E-state index contributed by atoms with van der Waals surface area (Å²) in [6, 6.07) is 0.196. The first-order valence-corrected chi connectivity index (χ1v) is 13.1. The summed E-state index contributed by atoms with van der Waals surface area (Å²) in [6.07, 6.45) is 6.82. The van der Waals surface area contributed by atoms with Crippen LogP contribution in [0, 0.1) is 0 Å². The third kappa shape index (κ3) is 5.39. The molecule has 0 atom stereocenters. The van der Waals surface area contributed by atoms with Gasteiger partial charge in [-0.15, -0.1) is 0 Å². The van der Waals surface area contributed by atoms with E-state index in [4.69, 9.17) is 4.43 Å². The molecule has 0 saturated heterocycles. The van der Waals surface area contributed by atoms with Crippen molar-refractivity contribution in [1.29, 1.82) is 0 Å². The molecule has 0 aliphatic heterocycles. The number of hydrogen-bond donors (Lipinski definition) is 0. The minimum atomic E-state index is -1.84. The first-order valence-electron chi connectivity index (χ1n) is 10.2. The third-order valence-corrected chi connectivity index (χ3v) is 11.0. The highest BCUT2D eigenvalue weighted by atomic mass is 28.4. The monoisotopic (exact) mass is 416 g/mol. The Morgan fingerprint density at radius 3 is 2.45 bits per heavy atom. The largest absolute Gasteiger partial charge is 0.411 e. The van der Waals surface area contributed by atoms with Gasteiger partial charge in [-0.2, -0.15) is 5.10 Å². The average molecular weight is 417 g/mol. The molecule has 7 heteroatoms. The van der Waals surface area contributed by atoms with Gasteiger partial charge in [0.2, 0.25) is 0 Å². The van der Waals surface area contributed by atoms with Crippen molar-refractivity contribution in [3.8, 4) is 0 Å². The minimum Gasteiger partial charge on any atom is -0.411 e. The maximum absolute atomic E-state index is 12.7. The number of rotatable bonds is 8. The van der Waals surface area contributed by atoms with Crippen molar-refractivity contribution in [3.05, 3.63) is 35.6 Å². The number of hydrogen-bond acceptors (Lipinski definition) is 6. The molecule has 1 heterocycles. The number of Topliss-reactive ketones (excluding diaryl/α,β-unsaturated/α-hetero) is 1. The number of nitrogens with zero attached hydrogens (tertiary/aromatic N) is 4. The Morgan fingerprint density at radius 2 is 1.97 bits per heavy atom. The van der Waals surface area contributed by atoms with E-state index in [2.05, 4.69) is 62.6 Å². The van der Waals surface area contributed by atoms with Crippen LogP contribution in [0.2, 0.25) is 18.1 Å². The topological polar surface area (TPSA) is 67.7 Å². The molecule has 29 heavy (non-hydrogen) atoms. The summed E-state index contributed by atoms with van der Waals surface area (Å²) in [7, 11) is -1.84. The third-order valence-electron chi connectivity index (χ3n) is 6.40. The Morgan fingerprint density at radius 1 is 1.34 bits per heavy atom. The van der Waals surface area contributed by atoms with Crippen molar-refractivity contribution in [2.45, 2.75) is 90.6 Å². The van der Waals surface area contributed by atoms with Crippen molar-refractivity contribution in [2.24, 2.45) is 5.10 Å². The standard InChI is InChI=1S/C22H36N4O2Si/c1-16(20(27)12-18-15-24-10-11-25-18)17(2)26(23-7)19-13-22(6,14-19)28-29(8,9)21(3,4)5/h10-11,15,19H,7,12-14H2,1-6,8-9H3/b17-16+/t19-,22+. The Bertz CT molecular complexity index is 778. The Kier molecular flexibility index (Phi) is 6.85. The van der Waals surface area contributed by atoms with Crippen LogP contribution in [-0.2, 0) is 15.6 Å². The fourth-order valence-electron chi connectivity index (χ4n) is 3.55. The van der Waals surface area contributed by atoms with E-state index in [0.29, 0.717) is 11.3 Å². The molecule has 0 amide bonds. The predicted octanol–water partition coefficient (Wildman–Crippen LogP) is 4.74. The van der Waals surface area contributed by atoms with Gasteiger partial charge < -0.3 is 4.43 Å². The SMILES string of the molecule is C=NN(/C(C)=C(\C)C(=O)Cc1cnccn1)[C@H]1C[C@@](C)(O[Si](C)(C)C(C)(C)C)C1. The summed E-state index contributed by atoms with van der Waals surface area (Å²) in [5, 5.41) is 6.30. The summed E-state index contributed by atoms with van der Waals surface area (Å²) in [6.45, 7) is 21.1. The Balaban J connectivity index is 2.07. The molecule has 0 N–H and O–H groups in total. The van der Waals surface area contributed by atoms with Crippen molar-refractivity contribution < 1.29 is 9.22 Å². The van der Waals surface area contributed by atoms with Crippen molar-refractivity contribution in [3.63, 3.8) is 0 Å². The molecule has 1 aromatic rings. The van der Waals surface area contributed by atoms with E-state index in [1.54, 1.807) is 18.6 Å². The molecule has 0 unspecified atom stereocenters. The Hall–Kier alpha value is -1.86. The van der Waals surface area contributed by atoms with Crippen LogP contribution in [0.25, 0.3) is 0 Å². The molecule has 1 saturated carbocycles.